The van der Waals surface area contributed by atoms with Gasteiger partial charge in [-0.15, -0.1) is 11.3 Å². The number of nitrogens with zero attached hydrogens (tertiary/aromatic N) is 2. The molecule has 0 unspecified atom stereocenters. The molecular formula is C8H5Br2N3S. The van der Waals surface area contributed by atoms with Gasteiger partial charge in [-0.05, 0) is 37.9 Å². The molecule has 0 saturated heterocycles. The summed E-state index contributed by atoms with van der Waals surface area (Å²) in [4.78, 5) is 9.34. The predicted molar refractivity (Wildman–Crippen MR) is 65.2 cm³/mol. The molecule has 0 spiro atoms. The number of hydrogen-bond donors (Lipinski definition) is 1. The third-order valence-corrected chi connectivity index (χ3v) is 3.86. The Labute approximate surface area is 102 Å². The lowest BCUT2D eigenvalue weighted by Gasteiger charge is -1.98. The number of halogens is 2. The third kappa shape index (κ3) is 1.97. The van der Waals surface area contributed by atoms with Gasteiger partial charge in [0.1, 0.15) is 5.82 Å². The molecular weight excluding hydrogens is 330 g/mol. The fraction of sp³-hybridized carbons (Fsp3) is 0. The van der Waals surface area contributed by atoms with Crippen LogP contribution in [0, 0.1) is 0 Å². The van der Waals surface area contributed by atoms with E-state index in [2.05, 4.69) is 41.8 Å². The van der Waals surface area contributed by atoms with Gasteiger partial charge in [-0.3, -0.25) is 0 Å². The van der Waals surface area contributed by atoms with E-state index >= 15 is 0 Å². The standard InChI is InChI=1S/C8H5Br2N3S/c9-4-1-6(14-3-4)8-12-2-5(10)7(11)13-8/h1-3H,(H2,11,12,13). The van der Waals surface area contributed by atoms with Crippen molar-refractivity contribution >= 4 is 49.0 Å². The van der Waals surface area contributed by atoms with Crippen molar-refractivity contribution in [2.75, 3.05) is 5.73 Å². The lowest BCUT2D eigenvalue weighted by molar-refractivity contribution is 1.18. The average molecular weight is 335 g/mol. The van der Waals surface area contributed by atoms with E-state index in [0.717, 1.165) is 13.8 Å². The fourth-order valence-corrected chi connectivity index (χ4v) is 2.49. The van der Waals surface area contributed by atoms with Crippen LogP contribution in [0.5, 0.6) is 0 Å². The molecule has 0 amide bonds. The van der Waals surface area contributed by atoms with Crippen molar-refractivity contribution in [3.63, 3.8) is 0 Å². The zero-order valence-corrected chi connectivity index (χ0v) is 10.9. The Hall–Kier alpha value is -0.460. The van der Waals surface area contributed by atoms with Crippen LogP contribution in [0.3, 0.4) is 0 Å². The molecule has 2 rings (SSSR count). The SMILES string of the molecule is Nc1nc(-c2cc(Br)cs2)ncc1Br. The summed E-state index contributed by atoms with van der Waals surface area (Å²) in [7, 11) is 0. The second-order valence-electron chi connectivity index (χ2n) is 2.56. The molecule has 2 N–H and O–H groups in total. The lowest BCUT2D eigenvalue weighted by atomic mass is 10.4. The van der Waals surface area contributed by atoms with Gasteiger partial charge in [-0.1, -0.05) is 0 Å². The predicted octanol–water partition coefficient (Wildman–Crippen LogP) is 3.31. The third-order valence-electron chi connectivity index (χ3n) is 1.56. The first-order valence-corrected chi connectivity index (χ1v) is 6.16. The molecule has 0 radical (unpaired) electrons. The van der Waals surface area contributed by atoms with Crippen molar-refractivity contribution in [1.29, 1.82) is 0 Å². The molecule has 0 bridgehead atoms. The zero-order valence-electron chi connectivity index (χ0n) is 6.87. The van der Waals surface area contributed by atoms with E-state index in [1.807, 2.05) is 11.4 Å². The highest BCUT2D eigenvalue weighted by Gasteiger charge is 2.06. The van der Waals surface area contributed by atoms with Gasteiger partial charge >= 0.3 is 0 Å². The van der Waals surface area contributed by atoms with E-state index in [1.165, 1.54) is 0 Å². The van der Waals surface area contributed by atoms with Crippen LogP contribution in [-0.2, 0) is 0 Å². The van der Waals surface area contributed by atoms with Crippen molar-refractivity contribution in [2.24, 2.45) is 0 Å². The van der Waals surface area contributed by atoms with Crippen LogP contribution in [0.25, 0.3) is 10.7 Å². The Morgan fingerprint density at radius 2 is 2.14 bits per heavy atom. The maximum Gasteiger partial charge on any atom is 0.171 e. The van der Waals surface area contributed by atoms with Crippen molar-refractivity contribution in [1.82, 2.24) is 9.97 Å². The summed E-state index contributed by atoms with van der Waals surface area (Å²) in [6.45, 7) is 0. The highest BCUT2D eigenvalue weighted by Crippen LogP contribution is 2.28. The van der Waals surface area contributed by atoms with Gasteiger partial charge in [-0.2, -0.15) is 0 Å². The molecule has 0 aliphatic carbocycles. The molecule has 6 heteroatoms. The minimum Gasteiger partial charge on any atom is -0.383 e. The summed E-state index contributed by atoms with van der Waals surface area (Å²) in [5.41, 5.74) is 5.66. The Balaban J connectivity index is 2.47. The topological polar surface area (TPSA) is 51.8 Å². The molecule has 2 aromatic heterocycles. The van der Waals surface area contributed by atoms with Crippen LogP contribution in [0.1, 0.15) is 0 Å². The lowest BCUT2D eigenvalue weighted by Crippen LogP contribution is -1.95. The maximum absolute atomic E-state index is 5.66. The molecule has 0 saturated carbocycles. The fourth-order valence-electron chi connectivity index (χ4n) is 0.929. The first-order valence-electron chi connectivity index (χ1n) is 3.69. The van der Waals surface area contributed by atoms with Crippen LogP contribution in [0.4, 0.5) is 5.82 Å². The van der Waals surface area contributed by atoms with Gasteiger partial charge < -0.3 is 5.73 Å². The smallest absolute Gasteiger partial charge is 0.171 e. The molecule has 0 aromatic carbocycles. The van der Waals surface area contributed by atoms with E-state index in [0.29, 0.717) is 11.6 Å². The second kappa shape index (κ2) is 3.96. The highest BCUT2D eigenvalue weighted by molar-refractivity contribution is 9.10. The molecule has 72 valence electrons. The molecule has 3 nitrogen and oxygen atoms in total. The van der Waals surface area contributed by atoms with Crippen molar-refractivity contribution in [3.05, 3.63) is 26.6 Å². The molecule has 14 heavy (non-hydrogen) atoms. The summed E-state index contributed by atoms with van der Waals surface area (Å²) < 4.78 is 1.75. The Morgan fingerprint density at radius 1 is 1.36 bits per heavy atom. The number of thiophene rings is 1. The van der Waals surface area contributed by atoms with E-state index in [-0.39, 0.29) is 0 Å². The van der Waals surface area contributed by atoms with Crippen LogP contribution in [-0.4, -0.2) is 9.97 Å². The molecule has 2 aromatic rings. The average Bonchev–Trinajstić information content (AvgIpc) is 2.57. The largest absolute Gasteiger partial charge is 0.383 e. The summed E-state index contributed by atoms with van der Waals surface area (Å²) >= 11 is 8.20. The minimum atomic E-state index is 0.458. The number of aromatic nitrogens is 2. The summed E-state index contributed by atoms with van der Waals surface area (Å²) in [6, 6.07) is 1.97. The van der Waals surface area contributed by atoms with Gasteiger partial charge in [0.15, 0.2) is 5.82 Å². The first kappa shape index (κ1) is 10.1. The summed E-state index contributed by atoms with van der Waals surface area (Å²) in [5, 5.41) is 1.98. The van der Waals surface area contributed by atoms with E-state index in [9.17, 15) is 0 Å². The summed E-state index contributed by atoms with van der Waals surface area (Å²) in [6.07, 6.45) is 1.66. The van der Waals surface area contributed by atoms with Crippen LogP contribution in [0.15, 0.2) is 26.6 Å². The number of anilines is 1. The number of nitrogens with two attached hydrogens (primary N) is 1. The van der Waals surface area contributed by atoms with Gasteiger partial charge in [0.2, 0.25) is 0 Å². The highest BCUT2D eigenvalue weighted by atomic mass is 79.9. The first-order chi connectivity index (χ1) is 6.66. The van der Waals surface area contributed by atoms with Crippen molar-refractivity contribution in [2.45, 2.75) is 0 Å². The van der Waals surface area contributed by atoms with E-state index in [1.54, 1.807) is 17.5 Å². The van der Waals surface area contributed by atoms with Crippen LogP contribution in [0.2, 0.25) is 0 Å². The molecule has 0 aliphatic rings. The number of nitrogen functional groups attached to an aromatic ring is 1. The van der Waals surface area contributed by atoms with E-state index in [4.69, 9.17) is 5.73 Å². The van der Waals surface area contributed by atoms with Gasteiger partial charge in [0, 0.05) is 16.0 Å². The Bertz CT molecular complexity index is 469. The molecule has 2 heterocycles. The molecule has 0 fully saturated rings. The van der Waals surface area contributed by atoms with Crippen LogP contribution < -0.4 is 5.73 Å². The number of hydrogen-bond acceptors (Lipinski definition) is 4. The van der Waals surface area contributed by atoms with E-state index < -0.39 is 0 Å². The normalized spacial score (nSPS) is 10.4. The minimum absolute atomic E-state index is 0.458. The van der Waals surface area contributed by atoms with Gasteiger partial charge in [0.25, 0.3) is 0 Å². The van der Waals surface area contributed by atoms with Crippen molar-refractivity contribution in [3.8, 4) is 10.7 Å². The van der Waals surface area contributed by atoms with Gasteiger partial charge in [-0.25, -0.2) is 9.97 Å². The van der Waals surface area contributed by atoms with Gasteiger partial charge in [0.05, 0.1) is 9.35 Å². The second-order valence-corrected chi connectivity index (χ2v) is 5.24. The zero-order chi connectivity index (χ0) is 10.1. The summed E-state index contributed by atoms with van der Waals surface area (Å²) in [5.74, 6) is 1.11. The molecule has 0 aliphatic heterocycles. The monoisotopic (exact) mass is 333 g/mol. The number of rotatable bonds is 1. The molecule has 0 atom stereocenters. The van der Waals surface area contributed by atoms with Crippen molar-refractivity contribution < 1.29 is 0 Å². The Morgan fingerprint density at radius 3 is 2.71 bits per heavy atom. The quantitative estimate of drug-likeness (QED) is 0.870. The maximum atomic E-state index is 5.66. The van der Waals surface area contributed by atoms with Crippen LogP contribution >= 0.6 is 43.2 Å². The Kier molecular flexibility index (Phi) is 2.85.